The molecule has 3 nitrogen and oxygen atoms in total. The average Bonchev–Trinajstić information content (AvgIpc) is 2.22. The molecule has 1 unspecified atom stereocenters. The Labute approximate surface area is 94.2 Å². The van der Waals surface area contributed by atoms with Gasteiger partial charge in [-0.2, -0.15) is 0 Å². The van der Waals surface area contributed by atoms with Gasteiger partial charge in [0.05, 0.1) is 6.54 Å². The molecule has 0 aliphatic carbocycles. The van der Waals surface area contributed by atoms with Crippen LogP contribution < -0.4 is 5.32 Å². The quantitative estimate of drug-likeness (QED) is 0.703. The van der Waals surface area contributed by atoms with Gasteiger partial charge in [-0.1, -0.05) is 20.3 Å². The SMILES string of the molecule is CCCC(CC)NCC(=O)N(C)C(C)C. The van der Waals surface area contributed by atoms with Crippen molar-refractivity contribution in [2.24, 2.45) is 0 Å². The number of rotatable bonds is 7. The molecule has 90 valence electrons. The smallest absolute Gasteiger partial charge is 0.236 e. The highest BCUT2D eigenvalue weighted by molar-refractivity contribution is 5.78. The van der Waals surface area contributed by atoms with Crippen LogP contribution in [0.15, 0.2) is 0 Å². The van der Waals surface area contributed by atoms with Crippen LogP contribution in [0.3, 0.4) is 0 Å². The van der Waals surface area contributed by atoms with Gasteiger partial charge < -0.3 is 10.2 Å². The lowest BCUT2D eigenvalue weighted by Crippen LogP contribution is -2.42. The normalized spacial score (nSPS) is 12.9. The zero-order chi connectivity index (χ0) is 11.8. The third-order valence-electron chi connectivity index (χ3n) is 2.84. The third kappa shape index (κ3) is 5.78. The molecule has 15 heavy (non-hydrogen) atoms. The molecule has 0 aliphatic rings. The summed E-state index contributed by atoms with van der Waals surface area (Å²) in [5.41, 5.74) is 0. The van der Waals surface area contributed by atoms with E-state index >= 15 is 0 Å². The van der Waals surface area contributed by atoms with Gasteiger partial charge in [0.15, 0.2) is 0 Å². The van der Waals surface area contributed by atoms with Gasteiger partial charge >= 0.3 is 0 Å². The highest BCUT2D eigenvalue weighted by atomic mass is 16.2. The Morgan fingerprint density at radius 2 is 1.93 bits per heavy atom. The molecule has 1 atom stereocenters. The fraction of sp³-hybridized carbons (Fsp3) is 0.917. The number of carbonyl (C=O) groups excluding carboxylic acids is 1. The second-order valence-corrected chi connectivity index (χ2v) is 4.37. The molecule has 0 saturated carbocycles. The summed E-state index contributed by atoms with van der Waals surface area (Å²) >= 11 is 0. The molecule has 0 radical (unpaired) electrons. The van der Waals surface area contributed by atoms with Crippen LogP contribution in [-0.2, 0) is 4.79 Å². The first kappa shape index (κ1) is 14.4. The van der Waals surface area contributed by atoms with Crippen molar-refractivity contribution in [2.45, 2.75) is 59.0 Å². The lowest BCUT2D eigenvalue weighted by atomic mass is 10.1. The Hall–Kier alpha value is -0.570. The highest BCUT2D eigenvalue weighted by Gasteiger charge is 2.13. The van der Waals surface area contributed by atoms with Gasteiger partial charge in [-0.15, -0.1) is 0 Å². The predicted octanol–water partition coefficient (Wildman–Crippen LogP) is 2.02. The Kier molecular flexibility index (Phi) is 7.39. The van der Waals surface area contributed by atoms with E-state index in [1.54, 1.807) is 4.90 Å². The Bertz CT molecular complexity index is 180. The second-order valence-electron chi connectivity index (χ2n) is 4.37. The van der Waals surface area contributed by atoms with Crippen molar-refractivity contribution < 1.29 is 4.79 Å². The van der Waals surface area contributed by atoms with Crippen molar-refractivity contribution in [1.82, 2.24) is 10.2 Å². The lowest BCUT2D eigenvalue weighted by Gasteiger charge is -2.23. The summed E-state index contributed by atoms with van der Waals surface area (Å²) in [5.74, 6) is 0.180. The minimum Gasteiger partial charge on any atom is -0.342 e. The summed E-state index contributed by atoms with van der Waals surface area (Å²) < 4.78 is 0. The van der Waals surface area contributed by atoms with E-state index in [4.69, 9.17) is 0 Å². The van der Waals surface area contributed by atoms with E-state index < -0.39 is 0 Å². The van der Waals surface area contributed by atoms with E-state index in [-0.39, 0.29) is 11.9 Å². The summed E-state index contributed by atoms with van der Waals surface area (Å²) in [6, 6.07) is 0.769. The standard InChI is InChI=1S/C12H26N2O/c1-6-8-11(7-2)13-9-12(15)14(5)10(3)4/h10-11,13H,6-9H2,1-5H3. The molecule has 3 heteroatoms. The first-order valence-electron chi connectivity index (χ1n) is 6.01. The van der Waals surface area contributed by atoms with Crippen LogP contribution in [0.1, 0.15) is 47.0 Å². The van der Waals surface area contributed by atoms with E-state index in [2.05, 4.69) is 19.2 Å². The largest absolute Gasteiger partial charge is 0.342 e. The number of hydrogen-bond acceptors (Lipinski definition) is 2. The van der Waals surface area contributed by atoms with Gasteiger partial charge in [-0.3, -0.25) is 4.79 Å². The van der Waals surface area contributed by atoms with Crippen molar-refractivity contribution in [2.75, 3.05) is 13.6 Å². The van der Waals surface area contributed by atoms with Crippen LogP contribution in [-0.4, -0.2) is 36.5 Å². The van der Waals surface area contributed by atoms with E-state index in [0.29, 0.717) is 12.6 Å². The van der Waals surface area contributed by atoms with E-state index in [0.717, 1.165) is 12.8 Å². The molecule has 0 aromatic heterocycles. The first-order chi connectivity index (χ1) is 7.02. The minimum absolute atomic E-state index is 0.180. The molecular formula is C12H26N2O. The predicted molar refractivity (Wildman–Crippen MR) is 64.9 cm³/mol. The van der Waals surface area contributed by atoms with E-state index in [9.17, 15) is 4.79 Å². The molecule has 1 amide bonds. The number of carbonyl (C=O) groups is 1. The van der Waals surface area contributed by atoms with Crippen LogP contribution in [0.25, 0.3) is 0 Å². The maximum Gasteiger partial charge on any atom is 0.236 e. The van der Waals surface area contributed by atoms with Crippen LogP contribution in [0.4, 0.5) is 0 Å². The summed E-state index contributed by atoms with van der Waals surface area (Å²) in [6.07, 6.45) is 3.40. The van der Waals surface area contributed by atoms with Gasteiger partial charge in [0.2, 0.25) is 5.91 Å². The summed E-state index contributed by atoms with van der Waals surface area (Å²) in [5, 5.41) is 3.31. The Morgan fingerprint density at radius 3 is 2.33 bits per heavy atom. The first-order valence-corrected chi connectivity index (χ1v) is 6.01. The number of likely N-dealkylation sites (N-methyl/N-ethyl adjacent to an activating group) is 1. The van der Waals surface area contributed by atoms with Crippen LogP contribution in [0, 0.1) is 0 Å². The lowest BCUT2D eigenvalue weighted by molar-refractivity contribution is -0.130. The molecular weight excluding hydrogens is 188 g/mol. The maximum absolute atomic E-state index is 11.7. The topological polar surface area (TPSA) is 32.3 Å². The van der Waals surface area contributed by atoms with E-state index in [1.165, 1.54) is 6.42 Å². The van der Waals surface area contributed by atoms with Crippen LogP contribution >= 0.6 is 0 Å². The zero-order valence-electron chi connectivity index (χ0n) is 10.8. The van der Waals surface area contributed by atoms with Gasteiger partial charge in [0, 0.05) is 19.1 Å². The van der Waals surface area contributed by atoms with Crippen molar-refractivity contribution >= 4 is 5.91 Å². The van der Waals surface area contributed by atoms with Gasteiger partial charge in [0.1, 0.15) is 0 Å². The molecule has 0 spiro atoms. The molecule has 0 heterocycles. The van der Waals surface area contributed by atoms with Gasteiger partial charge in [0.25, 0.3) is 0 Å². The zero-order valence-corrected chi connectivity index (χ0v) is 10.8. The molecule has 0 aliphatic heterocycles. The molecule has 1 N–H and O–H groups in total. The van der Waals surface area contributed by atoms with Gasteiger partial charge in [-0.25, -0.2) is 0 Å². The number of hydrogen-bond donors (Lipinski definition) is 1. The van der Waals surface area contributed by atoms with Crippen LogP contribution in [0.5, 0.6) is 0 Å². The van der Waals surface area contributed by atoms with Crippen molar-refractivity contribution in [3.63, 3.8) is 0 Å². The third-order valence-corrected chi connectivity index (χ3v) is 2.84. The summed E-state index contributed by atoms with van der Waals surface area (Å²) in [6.45, 7) is 8.85. The Morgan fingerprint density at radius 1 is 1.33 bits per heavy atom. The van der Waals surface area contributed by atoms with Crippen molar-refractivity contribution in [3.8, 4) is 0 Å². The van der Waals surface area contributed by atoms with Crippen molar-refractivity contribution in [3.05, 3.63) is 0 Å². The molecule has 0 bridgehead atoms. The molecule has 0 rings (SSSR count). The number of nitrogens with zero attached hydrogens (tertiary/aromatic N) is 1. The summed E-state index contributed by atoms with van der Waals surface area (Å²) in [4.78, 5) is 13.5. The second kappa shape index (κ2) is 7.69. The Balaban J connectivity index is 3.87. The number of amides is 1. The minimum atomic E-state index is 0.180. The molecule has 0 saturated heterocycles. The molecule has 0 fully saturated rings. The summed E-state index contributed by atoms with van der Waals surface area (Å²) in [7, 11) is 1.86. The number of nitrogens with one attached hydrogen (secondary N) is 1. The average molecular weight is 214 g/mol. The molecule has 0 aromatic carbocycles. The van der Waals surface area contributed by atoms with Crippen molar-refractivity contribution in [1.29, 1.82) is 0 Å². The maximum atomic E-state index is 11.7. The fourth-order valence-electron chi connectivity index (χ4n) is 1.44. The van der Waals surface area contributed by atoms with E-state index in [1.807, 2.05) is 20.9 Å². The van der Waals surface area contributed by atoms with Crippen LogP contribution in [0.2, 0.25) is 0 Å². The fourth-order valence-corrected chi connectivity index (χ4v) is 1.44. The monoisotopic (exact) mass is 214 g/mol. The molecule has 0 aromatic rings. The highest BCUT2D eigenvalue weighted by Crippen LogP contribution is 2.01. The van der Waals surface area contributed by atoms with Gasteiger partial charge in [-0.05, 0) is 26.7 Å².